The molecule has 1 rings (SSSR count). The topological polar surface area (TPSA) is 74.7 Å². The zero-order valence-corrected chi connectivity index (χ0v) is 13.6. The lowest BCUT2D eigenvalue weighted by Gasteiger charge is -2.26. The van der Waals surface area contributed by atoms with Gasteiger partial charge in [-0.1, -0.05) is 30.1 Å². The number of nitrogens with zero attached hydrogens (tertiary/aromatic N) is 1. The number of carboxylic acid groups (broad SMARTS) is 1. The molecule has 0 fully saturated rings. The van der Waals surface area contributed by atoms with Gasteiger partial charge in [-0.15, -0.1) is 0 Å². The molecule has 5 nitrogen and oxygen atoms in total. The Bertz CT molecular complexity index is 651. The number of carbonyl (C=O) groups is 1. The fraction of sp³-hybridized carbons (Fsp3) is 0.417. The highest BCUT2D eigenvalue weighted by atomic mass is 35.5. The molecule has 0 aliphatic rings. The van der Waals surface area contributed by atoms with Crippen molar-refractivity contribution in [3.05, 3.63) is 28.0 Å². The van der Waals surface area contributed by atoms with Crippen LogP contribution in [-0.2, 0) is 14.8 Å². The monoisotopic (exact) mass is 357 g/mol. The molecule has 0 aromatic heterocycles. The van der Waals surface area contributed by atoms with E-state index in [-0.39, 0.29) is 18.0 Å². The molecule has 0 radical (unpaired) electrons. The van der Waals surface area contributed by atoms with E-state index in [1.807, 2.05) is 0 Å². The molecule has 0 heterocycles. The molecular formula is C12H14Cl2FNO4S. The van der Waals surface area contributed by atoms with E-state index in [9.17, 15) is 17.6 Å². The summed E-state index contributed by atoms with van der Waals surface area (Å²) >= 11 is 11.2. The van der Waals surface area contributed by atoms with E-state index in [2.05, 4.69) is 0 Å². The quantitative estimate of drug-likeness (QED) is 0.794. The largest absolute Gasteiger partial charge is 0.481 e. The van der Waals surface area contributed by atoms with Gasteiger partial charge < -0.3 is 5.11 Å². The van der Waals surface area contributed by atoms with Crippen LogP contribution in [0.3, 0.4) is 0 Å². The van der Waals surface area contributed by atoms with E-state index in [1.165, 1.54) is 6.92 Å². The fourth-order valence-electron chi connectivity index (χ4n) is 1.91. The average molecular weight is 358 g/mol. The highest BCUT2D eigenvalue weighted by Crippen LogP contribution is 2.32. The predicted octanol–water partition coefficient (Wildman–Crippen LogP) is 3.01. The Balaban J connectivity index is 3.32. The summed E-state index contributed by atoms with van der Waals surface area (Å²) < 4.78 is 39.6. The third kappa shape index (κ3) is 3.85. The van der Waals surface area contributed by atoms with Crippen LogP contribution in [0.1, 0.15) is 20.3 Å². The average Bonchev–Trinajstić information content (AvgIpc) is 2.35. The van der Waals surface area contributed by atoms with E-state index < -0.39 is 37.8 Å². The summed E-state index contributed by atoms with van der Waals surface area (Å²) in [5, 5.41) is 7.88. The molecule has 21 heavy (non-hydrogen) atoms. The lowest BCUT2D eigenvalue weighted by molar-refractivity contribution is -0.137. The Kier molecular flexibility index (Phi) is 5.98. The van der Waals surface area contributed by atoms with Gasteiger partial charge in [0.1, 0.15) is 4.90 Å². The summed E-state index contributed by atoms with van der Waals surface area (Å²) in [5.74, 6) is -2.16. The first-order chi connectivity index (χ1) is 9.62. The first kappa shape index (κ1) is 18.2. The molecule has 1 atom stereocenters. The van der Waals surface area contributed by atoms with Crippen molar-refractivity contribution >= 4 is 39.2 Å². The van der Waals surface area contributed by atoms with E-state index in [4.69, 9.17) is 28.3 Å². The minimum atomic E-state index is -4.13. The van der Waals surface area contributed by atoms with Crippen molar-refractivity contribution < 1.29 is 22.7 Å². The summed E-state index contributed by atoms with van der Waals surface area (Å²) in [5.41, 5.74) is 0. The molecule has 0 saturated heterocycles. The number of rotatable bonds is 6. The second-order valence-corrected chi connectivity index (χ2v) is 6.97. The van der Waals surface area contributed by atoms with Gasteiger partial charge in [0, 0.05) is 12.6 Å². The van der Waals surface area contributed by atoms with Crippen LogP contribution in [0.25, 0.3) is 0 Å². The second kappa shape index (κ2) is 6.91. The Hall–Kier alpha value is -0.890. The van der Waals surface area contributed by atoms with Crippen LogP contribution in [-0.4, -0.2) is 36.4 Å². The minimum absolute atomic E-state index is 0.0252. The van der Waals surface area contributed by atoms with Crippen molar-refractivity contribution in [1.29, 1.82) is 0 Å². The molecule has 0 saturated carbocycles. The lowest BCUT2D eigenvalue weighted by Crippen LogP contribution is -2.39. The van der Waals surface area contributed by atoms with Crippen LogP contribution in [0.2, 0.25) is 10.0 Å². The second-order valence-electron chi connectivity index (χ2n) is 4.33. The number of hydrogen-bond acceptors (Lipinski definition) is 3. The number of aliphatic carboxylic acids is 1. The van der Waals surface area contributed by atoms with Gasteiger partial charge in [-0.25, -0.2) is 12.8 Å². The Labute approximate surface area is 132 Å². The molecule has 0 aliphatic heterocycles. The van der Waals surface area contributed by atoms with E-state index in [0.717, 1.165) is 16.4 Å². The molecule has 0 spiro atoms. The Morgan fingerprint density at radius 1 is 1.43 bits per heavy atom. The van der Waals surface area contributed by atoms with Crippen LogP contribution in [0.5, 0.6) is 0 Å². The standard InChI is InChI=1S/C12H14Cl2FNO4S/c1-3-16(7(2)6-10(17)18)21(19,20)9-5-4-8(13)12(15)11(9)14/h4-5,7H,3,6H2,1-2H3,(H,17,18). The fourth-order valence-corrected chi connectivity index (χ4v) is 4.27. The zero-order valence-electron chi connectivity index (χ0n) is 11.3. The van der Waals surface area contributed by atoms with E-state index in [1.54, 1.807) is 6.92 Å². The summed E-state index contributed by atoms with van der Waals surface area (Å²) in [6.07, 6.45) is -0.374. The van der Waals surface area contributed by atoms with Crippen LogP contribution in [0.4, 0.5) is 4.39 Å². The smallest absolute Gasteiger partial charge is 0.304 e. The highest BCUT2D eigenvalue weighted by Gasteiger charge is 2.32. The molecule has 9 heteroatoms. The summed E-state index contributed by atoms with van der Waals surface area (Å²) in [6.45, 7) is 3.03. The molecule has 1 aromatic rings. The van der Waals surface area contributed by atoms with Gasteiger partial charge in [0.25, 0.3) is 0 Å². The summed E-state index contributed by atoms with van der Waals surface area (Å²) in [7, 11) is -4.13. The Morgan fingerprint density at radius 2 is 2.00 bits per heavy atom. The number of carboxylic acids is 1. The first-order valence-electron chi connectivity index (χ1n) is 6.00. The normalized spacial score (nSPS) is 13.4. The molecule has 1 aromatic carbocycles. The summed E-state index contributed by atoms with van der Waals surface area (Å²) in [4.78, 5) is 10.3. The third-order valence-corrected chi connectivity index (χ3v) is 5.76. The van der Waals surface area contributed by atoms with Gasteiger partial charge >= 0.3 is 5.97 Å². The van der Waals surface area contributed by atoms with Crippen molar-refractivity contribution in [3.63, 3.8) is 0 Å². The van der Waals surface area contributed by atoms with Gasteiger partial charge in [0.2, 0.25) is 10.0 Å². The van der Waals surface area contributed by atoms with Gasteiger partial charge in [-0.3, -0.25) is 4.79 Å². The van der Waals surface area contributed by atoms with Crippen LogP contribution in [0, 0.1) is 5.82 Å². The predicted molar refractivity (Wildman–Crippen MR) is 77.7 cm³/mol. The maximum absolute atomic E-state index is 13.7. The van der Waals surface area contributed by atoms with Gasteiger partial charge in [-0.05, 0) is 19.1 Å². The zero-order chi connectivity index (χ0) is 16.4. The molecule has 0 bridgehead atoms. The van der Waals surface area contributed by atoms with Crippen molar-refractivity contribution in [2.75, 3.05) is 6.54 Å². The van der Waals surface area contributed by atoms with Crippen molar-refractivity contribution in [1.82, 2.24) is 4.31 Å². The number of benzene rings is 1. The molecule has 1 N–H and O–H groups in total. The molecule has 0 aliphatic carbocycles. The van der Waals surface area contributed by atoms with Crippen LogP contribution >= 0.6 is 23.2 Å². The molecule has 0 amide bonds. The van der Waals surface area contributed by atoms with E-state index >= 15 is 0 Å². The minimum Gasteiger partial charge on any atom is -0.481 e. The SMILES string of the molecule is CCN(C(C)CC(=O)O)S(=O)(=O)c1ccc(Cl)c(F)c1Cl. The number of sulfonamides is 1. The maximum Gasteiger partial charge on any atom is 0.304 e. The Morgan fingerprint density at radius 3 is 2.48 bits per heavy atom. The number of halogens is 3. The van der Waals surface area contributed by atoms with Crippen molar-refractivity contribution in [2.45, 2.75) is 31.2 Å². The molecule has 118 valence electrons. The molecular weight excluding hydrogens is 344 g/mol. The summed E-state index contributed by atoms with van der Waals surface area (Å²) in [6, 6.07) is 1.39. The third-order valence-electron chi connectivity index (χ3n) is 2.86. The van der Waals surface area contributed by atoms with Gasteiger partial charge in [-0.2, -0.15) is 4.31 Å². The highest BCUT2D eigenvalue weighted by molar-refractivity contribution is 7.89. The van der Waals surface area contributed by atoms with Crippen LogP contribution < -0.4 is 0 Å². The maximum atomic E-state index is 13.7. The van der Waals surface area contributed by atoms with E-state index in [0.29, 0.717) is 0 Å². The van der Waals surface area contributed by atoms with Gasteiger partial charge in [0.05, 0.1) is 16.5 Å². The van der Waals surface area contributed by atoms with Crippen molar-refractivity contribution in [2.24, 2.45) is 0 Å². The lowest BCUT2D eigenvalue weighted by atomic mass is 10.2. The number of hydrogen-bond donors (Lipinski definition) is 1. The van der Waals surface area contributed by atoms with Crippen LogP contribution in [0.15, 0.2) is 17.0 Å². The molecule has 1 unspecified atom stereocenters. The van der Waals surface area contributed by atoms with Gasteiger partial charge in [0.15, 0.2) is 5.82 Å². The first-order valence-corrected chi connectivity index (χ1v) is 8.19. The van der Waals surface area contributed by atoms with Crippen molar-refractivity contribution in [3.8, 4) is 0 Å².